The van der Waals surface area contributed by atoms with Gasteiger partial charge in [-0.25, -0.2) is 4.39 Å². The maximum atomic E-state index is 15.3. The van der Waals surface area contributed by atoms with E-state index in [1.54, 1.807) is 0 Å². The van der Waals surface area contributed by atoms with Gasteiger partial charge in [-0.15, -0.1) is 0 Å². The third-order valence-corrected chi connectivity index (χ3v) is 5.59. The summed E-state index contributed by atoms with van der Waals surface area (Å²) in [4.78, 5) is 2.31. The molecule has 2 aromatic rings. The largest absolute Gasteiger partial charge is 0.289 e. The Morgan fingerprint density at radius 1 is 0.840 bits per heavy atom. The number of hydrogen-bond donors (Lipinski definition) is 0. The molecule has 1 fully saturated rings. The first-order valence-corrected chi connectivity index (χ1v) is 9.70. The molecule has 0 N–H and O–H groups in total. The molecule has 0 aromatic heterocycles. The quantitative estimate of drug-likeness (QED) is 0.598. The first-order chi connectivity index (χ1) is 12.2. The summed E-state index contributed by atoms with van der Waals surface area (Å²) in [7, 11) is 0. The van der Waals surface area contributed by atoms with Crippen molar-refractivity contribution in [1.82, 2.24) is 4.90 Å². The molecule has 1 aliphatic carbocycles. The lowest BCUT2D eigenvalue weighted by Gasteiger charge is -2.36. The third kappa shape index (κ3) is 5.15. The van der Waals surface area contributed by atoms with Crippen molar-refractivity contribution in [3.63, 3.8) is 0 Å². The second-order valence-corrected chi connectivity index (χ2v) is 7.46. The van der Waals surface area contributed by atoms with Crippen molar-refractivity contribution < 1.29 is 4.39 Å². The van der Waals surface area contributed by atoms with Crippen LogP contribution in [0.3, 0.4) is 0 Å². The van der Waals surface area contributed by atoms with E-state index in [4.69, 9.17) is 0 Å². The summed E-state index contributed by atoms with van der Waals surface area (Å²) in [6, 6.07) is 20.8. The molecule has 134 valence electrons. The molecule has 0 spiro atoms. The van der Waals surface area contributed by atoms with E-state index in [0.717, 1.165) is 25.9 Å². The second kappa shape index (κ2) is 9.15. The van der Waals surface area contributed by atoms with Gasteiger partial charge in [-0.3, -0.25) is 4.90 Å². The monoisotopic (exact) mass is 339 g/mol. The zero-order valence-electron chi connectivity index (χ0n) is 15.3. The molecule has 0 bridgehead atoms. The Labute approximate surface area is 151 Å². The summed E-state index contributed by atoms with van der Waals surface area (Å²) in [5, 5.41) is 0. The van der Waals surface area contributed by atoms with E-state index in [2.05, 4.69) is 60.4 Å². The van der Waals surface area contributed by atoms with Gasteiger partial charge in [0.15, 0.2) is 0 Å². The molecule has 25 heavy (non-hydrogen) atoms. The van der Waals surface area contributed by atoms with Gasteiger partial charge in [-0.1, -0.05) is 79.9 Å². The minimum Gasteiger partial charge on any atom is -0.289 e. The molecule has 0 heterocycles. The molecule has 0 aliphatic heterocycles. The highest BCUT2D eigenvalue weighted by molar-refractivity contribution is 5.17. The highest BCUT2D eigenvalue weighted by atomic mass is 19.1. The van der Waals surface area contributed by atoms with Gasteiger partial charge in [0.05, 0.1) is 0 Å². The van der Waals surface area contributed by atoms with Crippen LogP contribution in [0.15, 0.2) is 60.7 Å². The maximum absolute atomic E-state index is 15.3. The molecular weight excluding hydrogens is 309 g/mol. The van der Waals surface area contributed by atoms with Crippen molar-refractivity contribution in [3.8, 4) is 0 Å². The number of benzene rings is 2. The predicted molar refractivity (Wildman–Crippen MR) is 103 cm³/mol. The topological polar surface area (TPSA) is 3.24 Å². The van der Waals surface area contributed by atoms with Crippen LogP contribution in [0.5, 0.6) is 0 Å². The Kier molecular flexibility index (Phi) is 6.63. The SMILES string of the molecule is C[C@H](C(F)C1CCCCC1)N(Cc1ccccc1)Cc1ccccc1. The first kappa shape index (κ1) is 18.1. The molecule has 1 unspecified atom stereocenters. The van der Waals surface area contributed by atoms with Crippen LogP contribution in [0.1, 0.15) is 50.2 Å². The average Bonchev–Trinajstić information content (AvgIpc) is 2.68. The van der Waals surface area contributed by atoms with Gasteiger partial charge in [0.25, 0.3) is 0 Å². The van der Waals surface area contributed by atoms with Gasteiger partial charge >= 0.3 is 0 Å². The normalized spacial score (nSPS) is 18.2. The number of halogens is 1. The molecule has 2 atom stereocenters. The van der Waals surface area contributed by atoms with Gasteiger partial charge < -0.3 is 0 Å². The van der Waals surface area contributed by atoms with E-state index in [1.165, 1.54) is 30.4 Å². The van der Waals surface area contributed by atoms with Gasteiger partial charge in [0.1, 0.15) is 6.17 Å². The van der Waals surface area contributed by atoms with Crippen LogP contribution in [0.4, 0.5) is 4.39 Å². The Morgan fingerprint density at radius 2 is 1.32 bits per heavy atom. The third-order valence-electron chi connectivity index (χ3n) is 5.59. The van der Waals surface area contributed by atoms with Crippen LogP contribution in [0.2, 0.25) is 0 Å². The number of rotatable bonds is 7. The molecule has 1 nitrogen and oxygen atoms in total. The zero-order valence-corrected chi connectivity index (χ0v) is 15.3. The van der Waals surface area contributed by atoms with Crippen molar-refractivity contribution in [2.75, 3.05) is 0 Å². The standard InChI is InChI=1S/C23H30FN/c1-19(23(24)22-15-9-4-10-16-22)25(17-20-11-5-2-6-12-20)18-21-13-7-3-8-14-21/h2-3,5-8,11-14,19,22-23H,4,9-10,15-18H2,1H3/t19-,23?/m1/s1. The summed E-state index contributed by atoms with van der Waals surface area (Å²) < 4.78 is 15.3. The van der Waals surface area contributed by atoms with E-state index in [-0.39, 0.29) is 12.0 Å². The van der Waals surface area contributed by atoms with E-state index in [1.807, 2.05) is 12.1 Å². The number of alkyl halides is 1. The van der Waals surface area contributed by atoms with Crippen LogP contribution < -0.4 is 0 Å². The van der Waals surface area contributed by atoms with Gasteiger partial charge in [0, 0.05) is 19.1 Å². The van der Waals surface area contributed by atoms with Crippen molar-refractivity contribution in [1.29, 1.82) is 0 Å². The Hall–Kier alpha value is -1.67. The van der Waals surface area contributed by atoms with Crippen LogP contribution in [-0.2, 0) is 13.1 Å². The minimum atomic E-state index is -0.743. The van der Waals surface area contributed by atoms with Crippen molar-refractivity contribution >= 4 is 0 Å². The van der Waals surface area contributed by atoms with Gasteiger partial charge in [-0.05, 0) is 36.8 Å². The van der Waals surface area contributed by atoms with Gasteiger partial charge in [-0.2, -0.15) is 0 Å². The molecule has 1 aliphatic rings. The predicted octanol–water partition coefficient (Wildman–Crippen LogP) is 6.00. The molecule has 1 saturated carbocycles. The fourth-order valence-corrected chi connectivity index (χ4v) is 4.03. The molecule has 0 radical (unpaired) electrons. The fourth-order valence-electron chi connectivity index (χ4n) is 4.03. The van der Waals surface area contributed by atoms with Crippen molar-refractivity contribution in [3.05, 3.63) is 71.8 Å². The summed E-state index contributed by atoms with van der Waals surface area (Å²) in [6.07, 6.45) is 5.01. The van der Waals surface area contributed by atoms with Crippen LogP contribution in [-0.4, -0.2) is 17.1 Å². The Balaban J connectivity index is 1.74. The lowest BCUT2D eigenvalue weighted by molar-refractivity contribution is 0.0582. The van der Waals surface area contributed by atoms with E-state index in [9.17, 15) is 0 Å². The maximum Gasteiger partial charge on any atom is 0.118 e. The minimum absolute atomic E-state index is 0.0662. The Bertz CT molecular complexity index is 565. The summed E-state index contributed by atoms with van der Waals surface area (Å²) in [5.41, 5.74) is 2.50. The molecular formula is C23H30FN. The van der Waals surface area contributed by atoms with Crippen molar-refractivity contribution in [2.24, 2.45) is 5.92 Å². The summed E-state index contributed by atoms with van der Waals surface area (Å²) in [6.45, 7) is 3.67. The molecule has 3 rings (SSSR count). The highest BCUT2D eigenvalue weighted by Crippen LogP contribution is 2.31. The smallest absolute Gasteiger partial charge is 0.118 e. The average molecular weight is 339 g/mol. The van der Waals surface area contributed by atoms with Crippen LogP contribution >= 0.6 is 0 Å². The summed E-state index contributed by atoms with van der Waals surface area (Å²) >= 11 is 0. The molecule has 2 aromatic carbocycles. The molecule has 2 heteroatoms. The Morgan fingerprint density at radius 3 is 1.80 bits per heavy atom. The van der Waals surface area contributed by atoms with Crippen molar-refractivity contribution in [2.45, 2.75) is 64.3 Å². The number of nitrogens with zero attached hydrogens (tertiary/aromatic N) is 1. The molecule has 0 amide bonds. The van der Waals surface area contributed by atoms with E-state index < -0.39 is 6.17 Å². The van der Waals surface area contributed by atoms with Crippen LogP contribution in [0, 0.1) is 5.92 Å². The lowest BCUT2D eigenvalue weighted by atomic mass is 9.83. The zero-order chi connectivity index (χ0) is 17.5. The number of hydrogen-bond acceptors (Lipinski definition) is 1. The van der Waals surface area contributed by atoms with Gasteiger partial charge in [0.2, 0.25) is 0 Å². The van der Waals surface area contributed by atoms with E-state index in [0.29, 0.717) is 0 Å². The van der Waals surface area contributed by atoms with E-state index >= 15 is 4.39 Å². The summed E-state index contributed by atoms with van der Waals surface area (Å²) in [5.74, 6) is 0.234. The molecule has 0 saturated heterocycles. The first-order valence-electron chi connectivity index (χ1n) is 9.70. The van der Waals surface area contributed by atoms with Crippen LogP contribution in [0.25, 0.3) is 0 Å². The lowest BCUT2D eigenvalue weighted by Crippen LogP contribution is -2.42. The second-order valence-electron chi connectivity index (χ2n) is 7.46. The fraction of sp³-hybridized carbons (Fsp3) is 0.478. The highest BCUT2D eigenvalue weighted by Gasteiger charge is 2.31.